The van der Waals surface area contributed by atoms with E-state index in [-0.39, 0.29) is 16.1 Å². The van der Waals surface area contributed by atoms with E-state index in [9.17, 15) is 19.3 Å². The van der Waals surface area contributed by atoms with Crippen molar-refractivity contribution in [2.75, 3.05) is 6.56 Å². The van der Waals surface area contributed by atoms with E-state index in [4.69, 9.17) is 45.1 Å². The minimum absolute atomic E-state index is 0.0552. The van der Waals surface area contributed by atoms with Gasteiger partial charge in [-0.25, -0.2) is 4.57 Å². The Balaban J connectivity index is 1.90. The topological polar surface area (TPSA) is 141 Å². The molecule has 1 aliphatic rings. The Kier molecular flexibility index (Phi) is 8.53. The van der Waals surface area contributed by atoms with E-state index in [1.54, 1.807) is 32.0 Å². The van der Waals surface area contributed by atoms with Gasteiger partial charge in [-0.2, -0.15) is 5.09 Å². The summed E-state index contributed by atoms with van der Waals surface area (Å²) in [6.45, 7) is 3.16. The van der Waals surface area contributed by atoms with Gasteiger partial charge in [-0.1, -0.05) is 18.2 Å². The summed E-state index contributed by atoms with van der Waals surface area (Å²) in [5.74, 6) is -0.721. The molecule has 2 aromatic rings. The Bertz CT molecular complexity index is 1310. The van der Waals surface area contributed by atoms with Gasteiger partial charge in [-0.05, 0) is 52.0 Å². The molecule has 0 radical (unpaired) electrons. The Morgan fingerprint density at radius 3 is 2.69 bits per heavy atom. The summed E-state index contributed by atoms with van der Waals surface area (Å²) in [5.41, 5.74) is -0.156. The number of hydrogen-bond acceptors (Lipinski definition) is 9. The molecule has 0 amide bonds. The minimum atomic E-state index is -4.67. The lowest BCUT2D eigenvalue weighted by Crippen LogP contribution is -2.37. The lowest BCUT2D eigenvalue weighted by atomic mass is 10.2. The van der Waals surface area contributed by atoms with Crippen molar-refractivity contribution >= 4 is 37.5 Å². The number of ether oxygens (including phenoxy) is 2. The SMILES string of the molecule is [2H]C([2H])(O[P@](=O)(N[C@@H](C)C(=O)OC(C)C)Oc1ccccc1)[C@@H]1O[C@H](n2cc(C)c(=O)[nH]c2=S)[C@H](Cl)C1O. The van der Waals surface area contributed by atoms with Gasteiger partial charge in [0, 0.05) is 11.8 Å². The number of nitrogens with zero attached hydrogens (tertiary/aromatic N) is 1. The van der Waals surface area contributed by atoms with Crippen molar-refractivity contribution in [3.05, 3.63) is 57.2 Å². The Morgan fingerprint density at radius 1 is 1.39 bits per heavy atom. The van der Waals surface area contributed by atoms with Gasteiger partial charge in [0.25, 0.3) is 5.56 Å². The van der Waals surface area contributed by atoms with Crippen LogP contribution in [0.15, 0.2) is 41.3 Å². The first-order valence-corrected chi connectivity index (χ1v) is 13.4. The largest absolute Gasteiger partial charge is 0.462 e. The van der Waals surface area contributed by atoms with Gasteiger partial charge in [0.05, 0.1) is 15.4 Å². The maximum Gasteiger partial charge on any atom is 0.459 e. The van der Waals surface area contributed by atoms with Crippen molar-refractivity contribution in [2.45, 2.75) is 63.7 Å². The van der Waals surface area contributed by atoms with Crippen molar-refractivity contribution in [2.24, 2.45) is 0 Å². The number of nitrogens with one attached hydrogen (secondary N) is 2. The third kappa shape index (κ3) is 7.04. The number of halogens is 1. The zero-order chi connectivity index (χ0) is 28.4. The van der Waals surface area contributed by atoms with Crippen molar-refractivity contribution in [1.82, 2.24) is 14.6 Å². The van der Waals surface area contributed by atoms with E-state index in [1.807, 2.05) is 0 Å². The van der Waals surface area contributed by atoms with Crippen LogP contribution in [0.5, 0.6) is 5.75 Å². The van der Waals surface area contributed by atoms with Crippen LogP contribution in [-0.4, -0.2) is 56.9 Å². The van der Waals surface area contributed by atoms with E-state index in [0.717, 1.165) is 0 Å². The summed E-state index contributed by atoms with van der Waals surface area (Å²) in [7, 11) is -4.67. The average Bonchev–Trinajstić information content (AvgIpc) is 3.11. The fraction of sp³-hybridized carbons (Fsp3) is 0.500. The van der Waals surface area contributed by atoms with Crippen molar-refractivity contribution in [1.29, 1.82) is 0 Å². The number of carbonyl (C=O) groups excluding carboxylic acids is 1. The second kappa shape index (κ2) is 12.0. The molecule has 36 heavy (non-hydrogen) atoms. The molecule has 2 heterocycles. The average molecular weight is 564 g/mol. The number of hydrogen-bond donors (Lipinski definition) is 3. The highest BCUT2D eigenvalue weighted by Gasteiger charge is 2.45. The third-order valence-electron chi connectivity index (χ3n) is 4.93. The highest BCUT2D eigenvalue weighted by molar-refractivity contribution is 7.71. The summed E-state index contributed by atoms with van der Waals surface area (Å²) >= 11 is 11.5. The Labute approximate surface area is 221 Å². The van der Waals surface area contributed by atoms with Crippen LogP contribution in [0.4, 0.5) is 0 Å². The van der Waals surface area contributed by atoms with E-state index >= 15 is 0 Å². The maximum absolute atomic E-state index is 13.8. The fourth-order valence-corrected chi connectivity index (χ4v) is 5.10. The number of H-pyrrole nitrogens is 1. The number of aryl methyl sites for hydroxylation is 1. The predicted octanol–water partition coefficient (Wildman–Crippen LogP) is 3.21. The molecule has 11 nitrogen and oxygen atoms in total. The first-order chi connectivity index (χ1) is 17.6. The molecular formula is C22H29ClN3O8PS. The van der Waals surface area contributed by atoms with Crippen LogP contribution in [0.3, 0.4) is 0 Å². The van der Waals surface area contributed by atoms with Crippen LogP contribution < -0.4 is 15.2 Å². The molecular weight excluding hydrogens is 533 g/mol. The number of aliphatic hydroxyl groups excluding tert-OH is 1. The first-order valence-electron chi connectivity index (χ1n) is 12.0. The van der Waals surface area contributed by atoms with Gasteiger partial charge in [-0.15, -0.1) is 11.6 Å². The van der Waals surface area contributed by atoms with Crippen LogP contribution in [-0.2, 0) is 23.4 Å². The quantitative estimate of drug-likeness (QED) is 0.171. The fourth-order valence-electron chi connectivity index (χ4n) is 3.17. The molecule has 0 aliphatic carbocycles. The highest BCUT2D eigenvalue weighted by atomic mass is 35.5. The number of aromatic amines is 1. The molecule has 0 spiro atoms. The zero-order valence-corrected chi connectivity index (χ0v) is 22.4. The molecule has 0 saturated carbocycles. The zero-order valence-electron chi connectivity index (χ0n) is 21.9. The highest BCUT2D eigenvalue weighted by Crippen LogP contribution is 2.46. The lowest BCUT2D eigenvalue weighted by molar-refractivity contribution is -0.149. The lowest BCUT2D eigenvalue weighted by Gasteiger charge is -2.25. The van der Waals surface area contributed by atoms with E-state index < -0.39 is 61.8 Å². The third-order valence-corrected chi connectivity index (χ3v) is 7.22. The molecule has 1 fully saturated rings. The summed E-state index contributed by atoms with van der Waals surface area (Å²) in [4.78, 5) is 26.7. The number of alkyl halides is 1. The molecule has 1 aromatic heterocycles. The van der Waals surface area contributed by atoms with Gasteiger partial charge < -0.3 is 19.1 Å². The summed E-state index contributed by atoms with van der Waals surface area (Å²) in [5, 5.41) is 11.9. The number of aromatic nitrogens is 2. The summed E-state index contributed by atoms with van der Waals surface area (Å²) in [6.07, 6.45) is -3.76. The van der Waals surface area contributed by atoms with E-state index in [2.05, 4.69) is 10.1 Å². The number of esters is 1. The van der Waals surface area contributed by atoms with Crippen LogP contribution >= 0.6 is 31.6 Å². The summed E-state index contributed by atoms with van der Waals surface area (Å²) in [6, 6.07) is 6.54. The van der Waals surface area contributed by atoms with Gasteiger partial charge >= 0.3 is 13.7 Å². The second-order valence-corrected chi connectivity index (χ2v) is 10.8. The standard InChI is InChI=1S/C22H29ClN3O8PS/c1-12(2)32-21(29)14(4)25-35(30,34-15-8-6-5-7-9-15)31-11-16-18(27)17(23)20(33-16)26-10-13(3)19(28)24-22(26)36/h5-10,12,14,16-18,20,27H,11H2,1-4H3,(H,25,30)(H,24,28,36)/t14-,16-,17+,18?,20-,35+/m0/s1/i11D2. The van der Waals surface area contributed by atoms with Crippen LogP contribution in [0.2, 0.25) is 0 Å². The van der Waals surface area contributed by atoms with Gasteiger partial charge in [0.15, 0.2) is 11.0 Å². The molecule has 3 rings (SSSR count). The monoisotopic (exact) mass is 563 g/mol. The van der Waals surface area contributed by atoms with Crippen molar-refractivity contribution in [3.63, 3.8) is 0 Å². The van der Waals surface area contributed by atoms with Crippen LogP contribution in [0.25, 0.3) is 0 Å². The number of carbonyl (C=O) groups is 1. The first kappa shape index (κ1) is 25.6. The molecule has 0 bridgehead atoms. The van der Waals surface area contributed by atoms with Gasteiger partial charge in [-0.3, -0.25) is 23.7 Å². The van der Waals surface area contributed by atoms with Crippen LogP contribution in [0.1, 0.15) is 35.3 Å². The normalized spacial score (nSPS) is 25.5. The Morgan fingerprint density at radius 2 is 2.06 bits per heavy atom. The van der Waals surface area contributed by atoms with E-state index in [0.29, 0.717) is 0 Å². The summed E-state index contributed by atoms with van der Waals surface area (Å²) < 4.78 is 53.7. The molecule has 1 saturated heterocycles. The van der Waals surface area contributed by atoms with Crippen molar-refractivity contribution in [3.8, 4) is 5.75 Å². The van der Waals surface area contributed by atoms with E-state index in [1.165, 1.54) is 36.7 Å². The number of rotatable bonds is 10. The van der Waals surface area contributed by atoms with Crippen LogP contribution in [0, 0.1) is 11.7 Å². The number of aliphatic hydroxyl groups is 1. The minimum Gasteiger partial charge on any atom is -0.462 e. The van der Waals surface area contributed by atoms with Gasteiger partial charge in [0.2, 0.25) is 0 Å². The molecule has 6 atom stereocenters. The molecule has 1 unspecified atom stereocenters. The number of para-hydroxylation sites is 1. The molecule has 1 aliphatic heterocycles. The molecule has 14 heteroatoms. The predicted molar refractivity (Wildman–Crippen MR) is 135 cm³/mol. The molecule has 1 aromatic carbocycles. The molecule has 198 valence electrons. The molecule has 3 N–H and O–H groups in total. The maximum atomic E-state index is 13.8. The van der Waals surface area contributed by atoms with Gasteiger partial charge in [0.1, 0.15) is 29.4 Å². The van der Waals surface area contributed by atoms with Crippen molar-refractivity contribution < 1.29 is 35.7 Å². The smallest absolute Gasteiger partial charge is 0.459 e. The second-order valence-electron chi connectivity index (χ2n) is 8.31. The Hall–Kier alpha value is -2.05. The number of benzene rings is 1.